The highest BCUT2D eigenvalue weighted by atomic mass is 16.5. The van der Waals surface area contributed by atoms with Gasteiger partial charge in [0.25, 0.3) is 0 Å². The molecule has 0 heterocycles. The van der Waals surface area contributed by atoms with Crippen molar-refractivity contribution in [2.45, 2.75) is 0 Å². The van der Waals surface area contributed by atoms with E-state index >= 15 is 0 Å². The van der Waals surface area contributed by atoms with Crippen LogP contribution in [-0.4, -0.2) is 19.7 Å². The summed E-state index contributed by atoms with van der Waals surface area (Å²) in [6, 6.07) is 0. The van der Waals surface area contributed by atoms with Crippen LogP contribution in [0.1, 0.15) is 0 Å². The van der Waals surface area contributed by atoms with Gasteiger partial charge < -0.3 is 10.1 Å². The number of nitrogens with one attached hydrogen (secondary N) is 1. The summed E-state index contributed by atoms with van der Waals surface area (Å²) < 4.78 is 4.48. The monoisotopic (exact) mass is 102 g/mol. The minimum atomic E-state index is -0.318. The highest BCUT2D eigenvalue weighted by Gasteiger charge is 1.83. The predicted molar refractivity (Wildman–Crippen MR) is 25.4 cm³/mol. The Morgan fingerprint density at radius 3 is 2.71 bits per heavy atom. The van der Waals surface area contributed by atoms with Crippen LogP contribution in [0, 0.1) is 6.92 Å². The lowest BCUT2D eigenvalue weighted by atomic mass is 10.7. The van der Waals surface area contributed by atoms with Crippen molar-refractivity contribution in [2.24, 2.45) is 0 Å². The molecule has 3 nitrogen and oxygen atoms in total. The molecule has 0 aromatic rings. The van der Waals surface area contributed by atoms with Crippen molar-refractivity contribution >= 4 is 5.91 Å². The zero-order valence-corrected chi connectivity index (χ0v) is 4.23. The maximum absolute atomic E-state index is 9.90. The lowest BCUT2D eigenvalue weighted by Gasteiger charge is -1.95. The van der Waals surface area contributed by atoms with Gasteiger partial charge in [-0.25, -0.2) is 0 Å². The van der Waals surface area contributed by atoms with Gasteiger partial charge in [0.15, 0.2) is 0 Å². The fourth-order valence-corrected chi connectivity index (χ4v) is 0.153. The highest BCUT2D eigenvalue weighted by Crippen LogP contribution is 1.58. The maximum Gasteiger partial charge on any atom is 0.222 e. The fourth-order valence-electron chi connectivity index (χ4n) is 0.153. The third-order valence-electron chi connectivity index (χ3n) is 0.414. The number of carbonyl (C=O) groups excluding carboxylic acids is 1. The van der Waals surface area contributed by atoms with E-state index in [1.807, 2.05) is 0 Å². The molecule has 0 saturated carbocycles. The standard InChI is InChI=1S/C4H8NO2/c1-4(6)5-3-7-2/h1,3H2,2H3,(H,5,6). The molecule has 0 aliphatic carbocycles. The number of carbonyl (C=O) groups is 1. The van der Waals surface area contributed by atoms with E-state index in [0.29, 0.717) is 0 Å². The Bertz CT molecular complexity index is 62.7. The summed E-state index contributed by atoms with van der Waals surface area (Å²) in [5, 5.41) is 2.32. The summed E-state index contributed by atoms with van der Waals surface area (Å²) in [7, 11) is 1.50. The molecule has 0 aliphatic heterocycles. The number of methoxy groups -OCH3 is 1. The molecule has 0 unspecified atom stereocenters. The molecule has 0 bridgehead atoms. The van der Waals surface area contributed by atoms with Gasteiger partial charge in [-0.1, -0.05) is 0 Å². The second kappa shape index (κ2) is 3.61. The molecule has 0 spiro atoms. The second-order valence-electron chi connectivity index (χ2n) is 1.03. The smallest absolute Gasteiger partial charge is 0.222 e. The summed E-state index contributed by atoms with van der Waals surface area (Å²) in [6.45, 7) is 3.28. The van der Waals surface area contributed by atoms with Gasteiger partial charge in [0, 0.05) is 14.0 Å². The zero-order valence-electron chi connectivity index (χ0n) is 4.23. The highest BCUT2D eigenvalue weighted by molar-refractivity contribution is 5.79. The lowest BCUT2D eigenvalue weighted by molar-refractivity contribution is -0.118. The first-order chi connectivity index (χ1) is 3.27. The molecule has 0 rings (SSSR count). The van der Waals surface area contributed by atoms with Crippen LogP contribution in [0.4, 0.5) is 0 Å². The molecule has 1 N–H and O–H groups in total. The molecule has 0 atom stereocenters. The van der Waals surface area contributed by atoms with Gasteiger partial charge in [-0.05, 0) is 0 Å². The van der Waals surface area contributed by atoms with Crippen molar-refractivity contribution in [1.82, 2.24) is 5.32 Å². The van der Waals surface area contributed by atoms with Gasteiger partial charge in [-0.3, -0.25) is 4.79 Å². The first-order valence-corrected chi connectivity index (χ1v) is 1.86. The molecule has 3 heteroatoms. The van der Waals surface area contributed by atoms with Crippen molar-refractivity contribution in [3.05, 3.63) is 6.92 Å². The molecule has 1 amide bonds. The fraction of sp³-hybridized carbons (Fsp3) is 0.500. The second-order valence-corrected chi connectivity index (χ2v) is 1.03. The topological polar surface area (TPSA) is 38.3 Å². The Morgan fingerprint density at radius 1 is 2.00 bits per heavy atom. The minimum absolute atomic E-state index is 0.238. The normalized spacial score (nSPS) is 8.29. The van der Waals surface area contributed by atoms with Gasteiger partial charge in [0.05, 0.1) is 0 Å². The Morgan fingerprint density at radius 2 is 2.57 bits per heavy atom. The number of ether oxygens (including phenoxy) is 1. The molecule has 41 valence electrons. The summed E-state index contributed by atoms with van der Waals surface area (Å²) in [5.41, 5.74) is 0. The molecule has 1 radical (unpaired) electrons. The van der Waals surface area contributed by atoms with Crippen LogP contribution in [0.3, 0.4) is 0 Å². The molecule has 0 aromatic carbocycles. The molecule has 0 aromatic heterocycles. The Kier molecular flexibility index (Phi) is 3.32. The van der Waals surface area contributed by atoms with Crippen LogP contribution in [0.15, 0.2) is 0 Å². The number of hydrogen-bond acceptors (Lipinski definition) is 2. The molecule has 0 aliphatic rings. The predicted octanol–water partition coefficient (Wildman–Crippen LogP) is -0.459. The van der Waals surface area contributed by atoms with Crippen molar-refractivity contribution in [2.75, 3.05) is 13.8 Å². The molecule has 7 heavy (non-hydrogen) atoms. The first kappa shape index (κ1) is 6.43. The molecule has 0 saturated heterocycles. The van der Waals surface area contributed by atoms with Gasteiger partial charge in [0.1, 0.15) is 6.73 Å². The van der Waals surface area contributed by atoms with E-state index in [4.69, 9.17) is 0 Å². The molecular weight excluding hydrogens is 94.0 g/mol. The number of amides is 1. The van der Waals surface area contributed by atoms with E-state index < -0.39 is 0 Å². The quantitative estimate of drug-likeness (QED) is 0.479. The maximum atomic E-state index is 9.90. The molecule has 0 fully saturated rings. The van der Waals surface area contributed by atoms with E-state index in [1.165, 1.54) is 7.11 Å². The van der Waals surface area contributed by atoms with Gasteiger partial charge in [-0.2, -0.15) is 0 Å². The number of hydrogen-bond donors (Lipinski definition) is 1. The van der Waals surface area contributed by atoms with Gasteiger partial charge in [-0.15, -0.1) is 0 Å². The van der Waals surface area contributed by atoms with E-state index in [1.54, 1.807) is 0 Å². The minimum Gasteiger partial charge on any atom is -0.364 e. The third-order valence-corrected chi connectivity index (χ3v) is 0.414. The van der Waals surface area contributed by atoms with Crippen molar-refractivity contribution in [3.8, 4) is 0 Å². The SMILES string of the molecule is [CH2]C(=O)NCOC. The van der Waals surface area contributed by atoms with E-state index in [0.717, 1.165) is 0 Å². The van der Waals surface area contributed by atoms with Crippen LogP contribution in [-0.2, 0) is 9.53 Å². The average molecular weight is 102 g/mol. The summed E-state index contributed by atoms with van der Waals surface area (Å²) in [6.07, 6.45) is 0. The summed E-state index contributed by atoms with van der Waals surface area (Å²) >= 11 is 0. The van der Waals surface area contributed by atoms with Crippen LogP contribution >= 0.6 is 0 Å². The lowest BCUT2D eigenvalue weighted by Crippen LogP contribution is -2.21. The largest absolute Gasteiger partial charge is 0.364 e. The van der Waals surface area contributed by atoms with E-state index in [2.05, 4.69) is 17.0 Å². The number of rotatable bonds is 2. The average Bonchev–Trinajstić information content (AvgIpc) is 1.61. The van der Waals surface area contributed by atoms with Crippen LogP contribution < -0.4 is 5.32 Å². The van der Waals surface area contributed by atoms with Crippen LogP contribution in [0.2, 0.25) is 0 Å². The van der Waals surface area contributed by atoms with E-state index in [-0.39, 0.29) is 12.6 Å². The Balaban J connectivity index is 2.82. The van der Waals surface area contributed by atoms with Crippen LogP contribution in [0.5, 0.6) is 0 Å². The zero-order chi connectivity index (χ0) is 5.70. The third kappa shape index (κ3) is 5.43. The van der Waals surface area contributed by atoms with Crippen molar-refractivity contribution < 1.29 is 9.53 Å². The Labute approximate surface area is 42.7 Å². The van der Waals surface area contributed by atoms with E-state index in [9.17, 15) is 4.79 Å². The Hall–Kier alpha value is -0.570. The molecular formula is C4H8NO2. The van der Waals surface area contributed by atoms with Crippen molar-refractivity contribution in [1.29, 1.82) is 0 Å². The summed E-state index contributed by atoms with van der Waals surface area (Å²) in [4.78, 5) is 9.90. The van der Waals surface area contributed by atoms with Crippen LogP contribution in [0.25, 0.3) is 0 Å². The first-order valence-electron chi connectivity index (χ1n) is 1.86. The van der Waals surface area contributed by atoms with Crippen molar-refractivity contribution in [3.63, 3.8) is 0 Å². The van der Waals surface area contributed by atoms with Gasteiger partial charge in [0.2, 0.25) is 5.91 Å². The van der Waals surface area contributed by atoms with Gasteiger partial charge >= 0.3 is 0 Å². The summed E-state index contributed by atoms with van der Waals surface area (Å²) in [5.74, 6) is -0.318.